The number of rotatable bonds is 4. The van der Waals surface area contributed by atoms with Crippen LogP contribution < -0.4 is 5.32 Å². The van der Waals surface area contributed by atoms with Crippen LogP contribution >= 0.6 is 0 Å². The highest BCUT2D eigenvalue weighted by molar-refractivity contribution is 5.96. The Labute approximate surface area is 186 Å². The molecule has 3 aliphatic rings. The van der Waals surface area contributed by atoms with Crippen molar-refractivity contribution >= 4 is 17.4 Å². The van der Waals surface area contributed by atoms with Crippen LogP contribution in [0.15, 0.2) is 42.7 Å². The molecule has 2 N–H and O–H groups in total. The fraction of sp³-hybridized carbons (Fsp3) is 0.423. The molecule has 0 aliphatic heterocycles. The minimum atomic E-state index is -1.05. The summed E-state index contributed by atoms with van der Waals surface area (Å²) in [5.74, 6) is -0.149. The monoisotopic (exact) mass is 434 g/mol. The van der Waals surface area contributed by atoms with Gasteiger partial charge in [-0.2, -0.15) is 0 Å². The first-order valence-electron chi connectivity index (χ1n) is 11.3. The molecular weight excluding hydrogens is 407 g/mol. The quantitative estimate of drug-likeness (QED) is 0.738. The fourth-order valence-corrected chi connectivity index (χ4v) is 6.56. The maximum absolute atomic E-state index is 13.8. The van der Waals surface area contributed by atoms with Gasteiger partial charge in [-0.05, 0) is 95.7 Å². The van der Waals surface area contributed by atoms with E-state index in [2.05, 4.69) is 29.4 Å². The van der Waals surface area contributed by atoms with E-state index in [9.17, 15) is 14.0 Å². The van der Waals surface area contributed by atoms with Crippen molar-refractivity contribution in [1.29, 1.82) is 0 Å². The van der Waals surface area contributed by atoms with E-state index in [1.165, 1.54) is 22.9 Å². The van der Waals surface area contributed by atoms with Crippen molar-refractivity contribution < 1.29 is 19.1 Å². The van der Waals surface area contributed by atoms with Gasteiger partial charge in [0.25, 0.3) is 5.91 Å². The summed E-state index contributed by atoms with van der Waals surface area (Å²) in [7, 11) is 0. The number of halogens is 1. The maximum atomic E-state index is 13.8. The number of pyridine rings is 1. The van der Waals surface area contributed by atoms with Gasteiger partial charge in [0.15, 0.2) is 0 Å². The normalized spacial score (nSPS) is 28.2. The van der Waals surface area contributed by atoms with Crippen molar-refractivity contribution in [3.8, 4) is 0 Å². The van der Waals surface area contributed by atoms with Gasteiger partial charge in [-0.25, -0.2) is 4.39 Å². The lowest BCUT2D eigenvalue weighted by Crippen LogP contribution is -2.41. The highest BCUT2D eigenvalue weighted by atomic mass is 19.1. The molecule has 0 radical (unpaired) electrons. The van der Waals surface area contributed by atoms with Crippen molar-refractivity contribution in [1.82, 2.24) is 10.3 Å². The van der Waals surface area contributed by atoms with Crippen LogP contribution in [0.4, 0.5) is 4.39 Å². The molecule has 3 unspecified atom stereocenters. The first kappa shape index (κ1) is 20.9. The Bertz CT molecular complexity index is 1130. The number of nitrogens with zero attached hydrogens (tertiary/aromatic N) is 1. The highest BCUT2D eigenvalue weighted by Crippen LogP contribution is 2.63. The van der Waals surface area contributed by atoms with E-state index in [1.54, 1.807) is 12.3 Å². The summed E-state index contributed by atoms with van der Waals surface area (Å²) in [4.78, 5) is 27.1. The van der Waals surface area contributed by atoms with Crippen molar-refractivity contribution in [3.63, 3.8) is 0 Å². The molecule has 166 valence electrons. The van der Waals surface area contributed by atoms with Crippen LogP contribution in [0.1, 0.15) is 65.6 Å². The van der Waals surface area contributed by atoms with Gasteiger partial charge in [0, 0.05) is 11.8 Å². The third-order valence-electron chi connectivity index (χ3n) is 7.99. The molecule has 1 fully saturated rings. The lowest BCUT2D eigenvalue weighted by atomic mass is 9.54. The second-order valence-corrected chi connectivity index (χ2v) is 9.61. The topological polar surface area (TPSA) is 79.3 Å². The van der Waals surface area contributed by atoms with Gasteiger partial charge in [0.2, 0.25) is 0 Å². The largest absolute Gasteiger partial charge is 0.480 e. The van der Waals surface area contributed by atoms with Crippen LogP contribution in [0.3, 0.4) is 0 Å². The van der Waals surface area contributed by atoms with Gasteiger partial charge in [-0.1, -0.05) is 19.1 Å². The third kappa shape index (κ3) is 3.42. The molecule has 4 atom stereocenters. The number of amides is 1. The minimum absolute atomic E-state index is 0.0325. The van der Waals surface area contributed by atoms with Gasteiger partial charge in [0.05, 0.1) is 6.20 Å². The second-order valence-electron chi connectivity index (χ2n) is 9.61. The number of nitrogens with one attached hydrogen (secondary N) is 1. The number of carbonyl (C=O) groups is 2. The highest BCUT2D eigenvalue weighted by Gasteiger charge is 2.52. The molecule has 0 saturated heterocycles. The van der Waals surface area contributed by atoms with Gasteiger partial charge >= 0.3 is 5.97 Å². The average molecular weight is 435 g/mol. The Morgan fingerprint density at radius 3 is 2.88 bits per heavy atom. The number of aryl methyl sites for hydroxylation is 1. The number of fused-ring (bicyclic) bond motifs is 5. The second kappa shape index (κ2) is 7.84. The number of benzene rings is 1. The Kier molecular flexibility index (Phi) is 5.11. The number of hydrogen-bond acceptors (Lipinski definition) is 3. The van der Waals surface area contributed by atoms with Crippen LogP contribution in [0.2, 0.25) is 0 Å². The van der Waals surface area contributed by atoms with E-state index in [0.717, 1.165) is 37.7 Å². The molecule has 1 aromatic heterocycles. The van der Waals surface area contributed by atoms with Gasteiger partial charge in [-0.3, -0.25) is 14.6 Å². The number of hydrogen-bond donors (Lipinski definition) is 2. The number of carbonyl (C=O) groups excluding carboxylic acids is 1. The first-order chi connectivity index (χ1) is 15.4. The predicted octanol–water partition coefficient (Wildman–Crippen LogP) is 4.58. The summed E-state index contributed by atoms with van der Waals surface area (Å²) in [6.07, 6.45) is 10.4. The van der Waals surface area contributed by atoms with Crippen molar-refractivity contribution in [2.24, 2.45) is 17.3 Å². The molecule has 5 rings (SSSR count). The molecule has 3 aliphatic carbocycles. The average Bonchev–Trinajstić information content (AvgIpc) is 3.14. The van der Waals surface area contributed by atoms with E-state index in [4.69, 9.17) is 5.11 Å². The van der Waals surface area contributed by atoms with Gasteiger partial charge in [-0.15, -0.1) is 0 Å². The Morgan fingerprint density at radius 1 is 1.25 bits per heavy atom. The molecule has 2 aromatic rings. The smallest absolute Gasteiger partial charge is 0.322 e. The molecule has 0 bridgehead atoms. The molecule has 1 aromatic carbocycles. The van der Waals surface area contributed by atoms with E-state index < -0.39 is 5.97 Å². The number of aliphatic carboxylic acids is 1. The molecule has 1 amide bonds. The van der Waals surface area contributed by atoms with Crippen molar-refractivity contribution in [2.45, 2.75) is 44.9 Å². The molecule has 0 spiro atoms. The standard InChI is InChI=1S/C26H27FN2O3/c1-26-9-8-20-19-4-3-16(25(32)29-14-24(30)31)10-15(19)2-5-21(20)23(26)7-6-22(26)17-11-18(27)13-28-12-17/h3-4,6,10-13,20-21,23H,2,5,7-9,14H2,1H3,(H,29,32)(H,30,31)/t20?,21?,23?,26-/m1/s1. The zero-order valence-electron chi connectivity index (χ0n) is 18.1. The molecular formula is C26H27FN2O3. The first-order valence-corrected chi connectivity index (χ1v) is 11.3. The van der Waals surface area contributed by atoms with E-state index >= 15 is 0 Å². The van der Waals surface area contributed by atoms with E-state index in [-0.39, 0.29) is 23.7 Å². The Balaban J connectivity index is 1.38. The molecule has 1 saturated carbocycles. The summed E-state index contributed by atoms with van der Waals surface area (Å²) in [6, 6.07) is 7.44. The lowest BCUT2D eigenvalue weighted by molar-refractivity contribution is -0.135. The van der Waals surface area contributed by atoms with Gasteiger partial charge in [0.1, 0.15) is 12.4 Å². The molecule has 32 heavy (non-hydrogen) atoms. The maximum Gasteiger partial charge on any atom is 0.322 e. The summed E-state index contributed by atoms with van der Waals surface area (Å²) in [5.41, 5.74) is 5.24. The summed E-state index contributed by atoms with van der Waals surface area (Å²) in [6.45, 7) is 1.96. The van der Waals surface area contributed by atoms with Crippen LogP contribution in [-0.2, 0) is 11.2 Å². The number of aromatic nitrogens is 1. The molecule has 6 heteroatoms. The van der Waals surface area contributed by atoms with Crippen LogP contribution in [0.5, 0.6) is 0 Å². The Morgan fingerprint density at radius 2 is 2.09 bits per heavy atom. The summed E-state index contributed by atoms with van der Waals surface area (Å²) < 4.78 is 13.8. The van der Waals surface area contributed by atoms with E-state index in [0.29, 0.717) is 23.3 Å². The van der Waals surface area contributed by atoms with Crippen LogP contribution in [0, 0.1) is 23.1 Å². The lowest BCUT2D eigenvalue weighted by Gasteiger charge is -2.50. The zero-order valence-corrected chi connectivity index (χ0v) is 18.1. The van der Waals surface area contributed by atoms with Crippen molar-refractivity contribution in [2.75, 3.05) is 6.54 Å². The summed E-state index contributed by atoms with van der Waals surface area (Å²) in [5, 5.41) is 11.2. The van der Waals surface area contributed by atoms with Crippen LogP contribution in [-0.4, -0.2) is 28.5 Å². The summed E-state index contributed by atoms with van der Waals surface area (Å²) >= 11 is 0. The predicted molar refractivity (Wildman–Crippen MR) is 119 cm³/mol. The fourth-order valence-electron chi connectivity index (χ4n) is 6.56. The zero-order chi connectivity index (χ0) is 22.5. The van der Waals surface area contributed by atoms with E-state index in [1.807, 2.05) is 12.1 Å². The van der Waals surface area contributed by atoms with Crippen molar-refractivity contribution in [3.05, 3.63) is 70.8 Å². The third-order valence-corrected chi connectivity index (χ3v) is 7.99. The number of carboxylic acids is 1. The SMILES string of the molecule is C[C@]12CCC3c4ccc(C(=O)NCC(=O)O)cc4CCC3C1CC=C2c1cncc(F)c1. The Hall–Kier alpha value is -3.02. The van der Waals surface area contributed by atoms with Gasteiger partial charge < -0.3 is 10.4 Å². The molecule has 1 heterocycles. The number of carboxylic acid groups (broad SMARTS) is 1. The number of allylic oxidation sites excluding steroid dienone is 2. The molecule has 5 nitrogen and oxygen atoms in total. The minimum Gasteiger partial charge on any atom is -0.480 e. The van der Waals surface area contributed by atoms with Crippen LogP contribution in [0.25, 0.3) is 5.57 Å².